The summed E-state index contributed by atoms with van der Waals surface area (Å²) in [6.45, 7) is 1.82. The lowest BCUT2D eigenvalue weighted by atomic mass is 10.3. The normalized spacial score (nSPS) is 14.5. The average molecular weight is 417 g/mol. The van der Waals surface area contributed by atoms with Crippen molar-refractivity contribution in [1.82, 2.24) is 25.2 Å². The van der Waals surface area contributed by atoms with Crippen LogP contribution in [0.25, 0.3) is 0 Å². The minimum Gasteiger partial charge on any atom is -0.439 e. The Morgan fingerprint density at radius 1 is 1.29 bits per heavy atom. The maximum absolute atomic E-state index is 12.5. The quantitative estimate of drug-likeness (QED) is 0.582. The molecule has 1 aromatic carbocycles. The van der Waals surface area contributed by atoms with E-state index < -0.39 is 0 Å². The van der Waals surface area contributed by atoms with Gasteiger partial charge < -0.3 is 10.1 Å². The van der Waals surface area contributed by atoms with Crippen LogP contribution in [0.3, 0.4) is 0 Å². The molecule has 0 radical (unpaired) electrons. The Morgan fingerprint density at radius 3 is 2.75 bits per heavy atom. The van der Waals surface area contributed by atoms with E-state index in [9.17, 15) is 4.79 Å². The fourth-order valence-electron chi connectivity index (χ4n) is 2.40. The van der Waals surface area contributed by atoms with Crippen LogP contribution < -0.4 is 10.1 Å². The van der Waals surface area contributed by atoms with E-state index in [4.69, 9.17) is 16.3 Å². The number of rotatable bonds is 7. The maximum Gasteiger partial charge on any atom is 0.237 e. The molecule has 0 saturated heterocycles. The predicted octanol–water partition coefficient (Wildman–Crippen LogP) is 3.97. The van der Waals surface area contributed by atoms with E-state index in [1.807, 2.05) is 6.92 Å². The predicted molar refractivity (Wildman–Crippen MR) is 106 cm³/mol. The van der Waals surface area contributed by atoms with Crippen LogP contribution in [0.2, 0.25) is 5.02 Å². The van der Waals surface area contributed by atoms with Crippen LogP contribution in [-0.2, 0) is 4.79 Å². The molecular formula is C18H17ClN6O2S. The maximum atomic E-state index is 12.5. The van der Waals surface area contributed by atoms with Crippen molar-refractivity contribution in [2.75, 3.05) is 5.32 Å². The van der Waals surface area contributed by atoms with Crippen molar-refractivity contribution >= 4 is 35.0 Å². The Hall–Kier alpha value is -2.65. The first-order valence-electron chi connectivity index (χ1n) is 8.73. The summed E-state index contributed by atoms with van der Waals surface area (Å²) in [5, 5.41) is 15.5. The number of thioether (sulfide) groups is 1. The molecule has 10 heteroatoms. The van der Waals surface area contributed by atoms with Crippen LogP contribution in [0.4, 0.5) is 5.69 Å². The number of hydrogen-bond acceptors (Lipinski definition) is 7. The summed E-state index contributed by atoms with van der Waals surface area (Å²) in [6, 6.07) is 10.8. The molecule has 4 rings (SSSR count). The van der Waals surface area contributed by atoms with Gasteiger partial charge >= 0.3 is 0 Å². The van der Waals surface area contributed by atoms with Crippen LogP contribution in [0.5, 0.6) is 11.6 Å². The number of tetrazole rings is 1. The number of benzene rings is 1. The van der Waals surface area contributed by atoms with Crippen molar-refractivity contribution in [2.24, 2.45) is 0 Å². The zero-order valence-corrected chi connectivity index (χ0v) is 16.5. The Bertz CT molecular complexity index is 959. The molecule has 144 valence electrons. The fraction of sp³-hybridized carbons (Fsp3) is 0.278. The van der Waals surface area contributed by atoms with Gasteiger partial charge in [-0.25, -0.2) is 9.67 Å². The summed E-state index contributed by atoms with van der Waals surface area (Å²) in [5.74, 6) is 0.905. The molecule has 1 unspecified atom stereocenters. The van der Waals surface area contributed by atoms with E-state index in [0.717, 1.165) is 12.8 Å². The van der Waals surface area contributed by atoms with Crippen molar-refractivity contribution in [3.05, 3.63) is 47.6 Å². The summed E-state index contributed by atoms with van der Waals surface area (Å²) in [4.78, 5) is 16.7. The number of nitrogens with one attached hydrogen (secondary N) is 1. The number of aromatic nitrogens is 5. The van der Waals surface area contributed by atoms with E-state index >= 15 is 0 Å². The van der Waals surface area contributed by atoms with Crippen LogP contribution in [0.1, 0.15) is 25.8 Å². The molecule has 1 aliphatic rings. The van der Waals surface area contributed by atoms with Crippen molar-refractivity contribution < 1.29 is 9.53 Å². The molecule has 28 heavy (non-hydrogen) atoms. The van der Waals surface area contributed by atoms with Crippen molar-refractivity contribution in [3.63, 3.8) is 0 Å². The third-order valence-corrected chi connectivity index (χ3v) is 5.35. The monoisotopic (exact) mass is 416 g/mol. The molecule has 1 fully saturated rings. The topological polar surface area (TPSA) is 94.8 Å². The van der Waals surface area contributed by atoms with Gasteiger partial charge in [0.05, 0.1) is 23.2 Å². The van der Waals surface area contributed by atoms with Gasteiger partial charge in [0.2, 0.25) is 16.9 Å². The van der Waals surface area contributed by atoms with Crippen LogP contribution in [-0.4, -0.2) is 36.3 Å². The van der Waals surface area contributed by atoms with Crippen LogP contribution in [0.15, 0.2) is 47.8 Å². The number of halogens is 1. The van der Waals surface area contributed by atoms with Gasteiger partial charge in [-0.05, 0) is 60.5 Å². The first kappa shape index (κ1) is 18.7. The molecule has 1 atom stereocenters. The van der Waals surface area contributed by atoms with Gasteiger partial charge in [-0.15, -0.1) is 5.10 Å². The molecule has 2 heterocycles. The lowest BCUT2D eigenvalue weighted by Crippen LogP contribution is -2.23. The van der Waals surface area contributed by atoms with E-state index in [0.29, 0.717) is 33.5 Å². The second-order valence-corrected chi connectivity index (χ2v) is 8.07. The summed E-state index contributed by atoms with van der Waals surface area (Å²) < 4.78 is 7.43. The SMILES string of the molecule is CC(Sc1nnnn1C1CC1)C(=O)Nc1ccc(Oc2ccc(Cl)cc2)nc1. The molecule has 2 aromatic heterocycles. The fourth-order valence-corrected chi connectivity index (χ4v) is 3.39. The molecule has 1 N–H and O–H groups in total. The van der Waals surface area contributed by atoms with Crippen molar-refractivity contribution in [3.8, 4) is 11.6 Å². The standard InChI is InChI=1S/C18H17ClN6O2S/c1-11(28-18-22-23-24-25(18)14-5-6-14)17(26)21-13-4-9-16(20-10-13)27-15-7-2-12(19)3-8-15/h2-4,7-11,14H,5-6H2,1H3,(H,21,26). The van der Waals surface area contributed by atoms with Gasteiger partial charge in [0.15, 0.2) is 0 Å². The number of anilines is 1. The second kappa shape index (κ2) is 8.15. The van der Waals surface area contributed by atoms with Gasteiger partial charge in [0, 0.05) is 11.1 Å². The number of nitrogens with zero attached hydrogens (tertiary/aromatic N) is 5. The Labute approximate surface area is 170 Å². The molecule has 0 aliphatic heterocycles. The molecule has 0 spiro atoms. The molecule has 8 nitrogen and oxygen atoms in total. The molecular weight excluding hydrogens is 400 g/mol. The zero-order valence-electron chi connectivity index (χ0n) is 14.9. The van der Waals surface area contributed by atoms with E-state index in [1.165, 1.54) is 11.8 Å². The molecule has 3 aromatic rings. The van der Waals surface area contributed by atoms with Crippen molar-refractivity contribution in [1.29, 1.82) is 0 Å². The molecule has 1 amide bonds. The lowest BCUT2D eigenvalue weighted by Gasteiger charge is -2.12. The van der Waals surface area contributed by atoms with E-state index in [2.05, 4.69) is 25.8 Å². The minimum absolute atomic E-state index is 0.150. The van der Waals surface area contributed by atoms with Gasteiger partial charge in [0.1, 0.15) is 5.75 Å². The summed E-state index contributed by atoms with van der Waals surface area (Å²) >= 11 is 7.19. The highest BCUT2D eigenvalue weighted by Gasteiger charge is 2.29. The number of amides is 1. The van der Waals surface area contributed by atoms with Gasteiger partial charge in [-0.1, -0.05) is 23.4 Å². The highest BCUT2D eigenvalue weighted by Crippen LogP contribution is 2.37. The van der Waals surface area contributed by atoms with Gasteiger partial charge in [0.25, 0.3) is 0 Å². The van der Waals surface area contributed by atoms with Crippen LogP contribution >= 0.6 is 23.4 Å². The smallest absolute Gasteiger partial charge is 0.237 e. The summed E-state index contributed by atoms with van der Waals surface area (Å²) in [7, 11) is 0. The molecule has 0 bridgehead atoms. The molecule has 1 aliphatic carbocycles. The van der Waals surface area contributed by atoms with Gasteiger partial charge in [-0.2, -0.15) is 0 Å². The highest BCUT2D eigenvalue weighted by atomic mass is 35.5. The summed E-state index contributed by atoms with van der Waals surface area (Å²) in [5.41, 5.74) is 0.586. The number of ether oxygens (including phenoxy) is 1. The Balaban J connectivity index is 1.33. The van der Waals surface area contributed by atoms with E-state index in [1.54, 1.807) is 47.3 Å². The zero-order chi connectivity index (χ0) is 19.5. The van der Waals surface area contributed by atoms with Crippen molar-refractivity contribution in [2.45, 2.75) is 36.2 Å². The average Bonchev–Trinajstić information content (AvgIpc) is 3.44. The van der Waals surface area contributed by atoms with E-state index in [-0.39, 0.29) is 11.2 Å². The Morgan fingerprint density at radius 2 is 2.07 bits per heavy atom. The van der Waals surface area contributed by atoms with Crippen LogP contribution in [0, 0.1) is 0 Å². The number of carbonyl (C=O) groups excluding carboxylic acids is 1. The third kappa shape index (κ3) is 4.60. The number of carbonyl (C=O) groups is 1. The lowest BCUT2D eigenvalue weighted by molar-refractivity contribution is -0.115. The Kier molecular flexibility index (Phi) is 5.45. The van der Waals surface area contributed by atoms with Gasteiger partial charge in [-0.3, -0.25) is 4.79 Å². The third-order valence-electron chi connectivity index (χ3n) is 4.05. The second-order valence-electron chi connectivity index (χ2n) is 6.33. The summed E-state index contributed by atoms with van der Waals surface area (Å²) in [6.07, 6.45) is 3.71. The largest absolute Gasteiger partial charge is 0.439 e. The highest BCUT2D eigenvalue weighted by molar-refractivity contribution is 8.00. The molecule has 1 saturated carbocycles. The first-order valence-corrected chi connectivity index (χ1v) is 9.99. The number of hydrogen-bond donors (Lipinski definition) is 1. The minimum atomic E-state index is -0.353. The first-order chi connectivity index (χ1) is 13.6. The number of pyridine rings is 1.